The van der Waals surface area contributed by atoms with Gasteiger partial charge in [0.15, 0.2) is 5.65 Å². The summed E-state index contributed by atoms with van der Waals surface area (Å²) in [7, 11) is 0. The summed E-state index contributed by atoms with van der Waals surface area (Å²) in [5.74, 6) is -1.95. The fourth-order valence-electron chi connectivity index (χ4n) is 7.08. The number of aromatic nitrogens is 4. The molecule has 3 aliphatic heterocycles. The SMILES string of the molecule is Nc1ncnc2c1c(-c1ccc(Oc3ccccc3)cc1)nn2[C@@H]1CCCN(Cc2cc(F)c3c(c2)C(=O)N(C2CCC(=O)NC2=O)C3=O)C1. The number of carbonyl (C=O) groups is 4. The van der Waals surface area contributed by atoms with Crippen molar-refractivity contribution in [3.05, 3.63) is 95.6 Å². The molecule has 1 unspecified atom stereocenters. The summed E-state index contributed by atoms with van der Waals surface area (Å²) in [6.45, 7) is 1.58. The van der Waals surface area contributed by atoms with E-state index in [4.69, 9.17) is 15.6 Å². The van der Waals surface area contributed by atoms with Crippen LogP contribution in [0.5, 0.6) is 11.5 Å². The molecule has 2 fully saturated rings. The Kier molecular flexibility index (Phi) is 7.79. The van der Waals surface area contributed by atoms with Crippen LogP contribution in [0.15, 0.2) is 73.1 Å². The molecular weight excluding hydrogens is 643 g/mol. The predicted molar refractivity (Wildman–Crippen MR) is 178 cm³/mol. The molecule has 5 aromatic rings. The van der Waals surface area contributed by atoms with E-state index < -0.39 is 35.5 Å². The molecule has 14 heteroatoms. The van der Waals surface area contributed by atoms with E-state index in [-0.39, 0.29) is 30.0 Å². The molecule has 13 nitrogen and oxygen atoms in total. The highest BCUT2D eigenvalue weighted by Gasteiger charge is 2.46. The molecule has 0 radical (unpaired) electrons. The minimum absolute atomic E-state index is 0.00580. The normalized spacial score (nSPS) is 19.6. The van der Waals surface area contributed by atoms with Crippen molar-refractivity contribution in [2.45, 2.75) is 44.3 Å². The number of nitrogens with zero attached hydrogens (tertiary/aromatic N) is 6. The fraction of sp³-hybridized carbons (Fsp3) is 0.250. The van der Waals surface area contributed by atoms with Crippen LogP contribution in [0, 0.1) is 5.82 Å². The Bertz CT molecular complexity index is 2190. The van der Waals surface area contributed by atoms with Gasteiger partial charge in [-0.1, -0.05) is 18.2 Å². The summed E-state index contributed by atoms with van der Waals surface area (Å²) < 4.78 is 23.3. The monoisotopic (exact) mass is 674 g/mol. The Morgan fingerprint density at radius 1 is 0.940 bits per heavy atom. The maximum Gasteiger partial charge on any atom is 0.265 e. The van der Waals surface area contributed by atoms with Gasteiger partial charge in [-0.25, -0.2) is 19.0 Å². The van der Waals surface area contributed by atoms with Gasteiger partial charge in [0.2, 0.25) is 11.8 Å². The van der Waals surface area contributed by atoms with Crippen LogP contribution in [0.1, 0.15) is 58.0 Å². The summed E-state index contributed by atoms with van der Waals surface area (Å²) in [4.78, 5) is 62.3. The van der Waals surface area contributed by atoms with Crippen molar-refractivity contribution >= 4 is 40.5 Å². The second-order valence-electron chi connectivity index (χ2n) is 12.7. The third-order valence-electron chi connectivity index (χ3n) is 9.41. The minimum Gasteiger partial charge on any atom is -0.457 e. The van der Waals surface area contributed by atoms with Crippen molar-refractivity contribution in [2.24, 2.45) is 0 Å². The van der Waals surface area contributed by atoms with Gasteiger partial charge in [-0.15, -0.1) is 0 Å². The molecule has 0 spiro atoms. The maximum absolute atomic E-state index is 15.5. The van der Waals surface area contributed by atoms with Crippen LogP contribution in [-0.4, -0.2) is 72.3 Å². The lowest BCUT2D eigenvalue weighted by molar-refractivity contribution is -0.136. The highest BCUT2D eigenvalue weighted by molar-refractivity contribution is 6.23. The number of likely N-dealkylation sites (tertiary alicyclic amines) is 1. The highest BCUT2D eigenvalue weighted by atomic mass is 19.1. The van der Waals surface area contributed by atoms with E-state index in [9.17, 15) is 19.2 Å². The molecule has 0 saturated carbocycles. The van der Waals surface area contributed by atoms with Gasteiger partial charge in [0.25, 0.3) is 11.8 Å². The Balaban J connectivity index is 1.03. The number of carbonyl (C=O) groups excluding carboxylic acids is 4. The van der Waals surface area contributed by atoms with E-state index in [0.717, 1.165) is 35.6 Å². The number of hydrogen-bond donors (Lipinski definition) is 2. The van der Waals surface area contributed by atoms with E-state index >= 15 is 4.39 Å². The Labute approximate surface area is 284 Å². The van der Waals surface area contributed by atoms with Gasteiger partial charge in [0.1, 0.15) is 41.2 Å². The average molecular weight is 675 g/mol. The van der Waals surface area contributed by atoms with E-state index in [2.05, 4.69) is 20.2 Å². The third-order valence-corrected chi connectivity index (χ3v) is 9.41. The number of amides is 4. The number of rotatable bonds is 7. The van der Waals surface area contributed by atoms with Gasteiger partial charge >= 0.3 is 0 Å². The summed E-state index contributed by atoms with van der Waals surface area (Å²) in [5, 5.41) is 7.81. The van der Waals surface area contributed by atoms with Crippen molar-refractivity contribution in [3.8, 4) is 22.8 Å². The first-order chi connectivity index (χ1) is 24.2. The number of benzene rings is 3. The second kappa shape index (κ2) is 12.5. The zero-order chi connectivity index (χ0) is 34.5. The molecule has 4 amide bonds. The summed E-state index contributed by atoms with van der Waals surface area (Å²) >= 11 is 0. The van der Waals surface area contributed by atoms with Gasteiger partial charge in [-0.2, -0.15) is 5.10 Å². The number of imide groups is 2. The van der Waals surface area contributed by atoms with Gasteiger partial charge in [0.05, 0.1) is 22.6 Å². The summed E-state index contributed by atoms with van der Waals surface area (Å²) in [6, 6.07) is 18.6. The third kappa shape index (κ3) is 5.52. The minimum atomic E-state index is -1.17. The average Bonchev–Trinajstić information content (AvgIpc) is 3.62. The molecule has 0 aliphatic carbocycles. The molecule has 3 aromatic carbocycles. The first kappa shape index (κ1) is 31.3. The first-order valence-corrected chi connectivity index (χ1v) is 16.3. The Hall–Kier alpha value is -6.02. The lowest BCUT2D eigenvalue weighted by Gasteiger charge is -2.33. The molecule has 8 rings (SSSR count). The van der Waals surface area contributed by atoms with E-state index in [1.165, 1.54) is 18.5 Å². The quantitative estimate of drug-likeness (QED) is 0.239. The predicted octanol–water partition coefficient (Wildman–Crippen LogP) is 4.25. The van der Waals surface area contributed by atoms with Crippen molar-refractivity contribution in [2.75, 3.05) is 18.8 Å². The zero-order valence-corrected chi connectivity index (χ0v) is 26.7. The van der Waals surface area contributed by atoms with Crippen LogP contribution < -0.4 is 15.8 Å². The van der Waals surface area contributed by atoms with Crippen LogP contribution in [-0.2, 0) is 16.1 Å². The number of piperidine rings is 2. The van der Waals surface area contributed by atoms with Crippen LogP contribution >= 0.6 is 0 Å². The lowest BCUT2D eigenvalue weighted by Crippen LogP contribution is -2.54. The second-order valence-corrected chi connectivity index (χ2v) is 12.7. The number of ether oxygens (including phenoxy) is 1. The number of halogens is 1. The standard InChI is InChI=1S/C36H31FN8O5/c37-26-16-20(15-25-29(26)36(49)44(35(25)48)27-12-13-28(46)41-34(27)47)17-43-14-4-5-22(18-43)45-33-30(32(38)39-19-40-33)31(42-45)21-8-10-24(11-9-21)50-23-6-2-1-3-7-23/h1-3,6-11,15-16,19,22,27H,4-5,12-14,17-18H2,(H2,38,39,40)(H,41,46,47)/t22-,27?/m1/s1. The molecule has 5 heterocycles. The zero-order valence-electron chi connectivity index (χ0n) is 26.7. The van der Waals surface area contributed by atoms with Crippen molar-refractivity contribution < 1.29 is 28.3 Å². The molecule has 3 aliphatic rings. The number of anilines is 1. The first-order valence-electron chi connectivity index (χ1n) is 16.3. The number of fused-ring (bicyclic) bond motifs is 2. The molecule has 252 valence electrons. The summed E-state index contributed by atoms with van der Waals surface area (Å²) in [5.41, 5.74) is 8.53. The van der Waals surface area contributed by atoms with Crippen molar-refractivity contribution in [1.82, 2.24) is 34.9 Å². The van der Waals surface area contributed by atoms with Crippen molar-refractivity contribution in [3.63, 3.8) is 0 Å². The van der Waals surface area contributed by atoms with E-state index in [1.54, 1.807) is 0 Å². The van der Waals surface area contributed by atoms with Gasteiger partial charge in [-0.3, -0.25) is 34.3 Å². The Morgan fingerprint density at radius 3 is 2.50 bits per heavy atom. The smallest absolute Gasteiger partial charge is 0.265 e. The number of nitrogen functional groups attached to an aromatic ring is 1. The van der Waals surface area contributed by atoms with E-state index in [1.807, 2.05) is 59.3 Å². The Morgan fingerprint density at radius 2 is 1.72 bits per heavy atom. The lowest BCUT2D eigenvalue weighted by atomic mass is 10.0. The maximum atomic E-state index is 15.5. The molecule has 2 saturated heterocycles. The highest BCUT2D eigenvalue weighted by Crippen LogP contribution is 2.36. The van der Waals surface area contributed by atoms with E-state index in [0.29, 0.717) is 46.9 Å². The molecular formula is C36H31FN8O5. The fourth-order valence-corrected chi connectivity index (χ4v) is 7.08. The molecule has 2 atom stereocenters. The molecule has 50 heavy (non-hydrogen) atoms. The van der Waals surface area contributed by atoms with Gasteiger partial charge in [-0.05, 0) is 79.9 Å². The molecule has 2 aromatic heterocycles. The molecule has 3 N–H and O–H groups in total. The number of hydrogen-bond acceptors (Lipinski definition) is 10. The van der Waals surface area contributed by atoms with Crippen LogP contribution in [0.2, 0.25) is 0 Å². The topological polar surface area (TPSA) is 166 Å². The van der Waals surface area contributed by atoms with Gasteiger partial charge in [0, 0.05) is 25.1 Å². The molecule has 0 bridgehead atoms. The number of nitrogens with two attached hydrogens (primary N) is 1. The summed E-state index contributed by atoms with van der Waals surface area (Å²) in [6.07, 6.45) is 3.03. The van der Waals surface area contributed by atoms with Gasteiger partial charge < -0.3 is 10.5 Å². The van der Waals surface area contributed by atoms with Crippen LogP contribution in [0.25, 0.3) is 22.3 Å². The largest absolute Gasteiger partial charge is 0.457 e. The number of para-hydroxylation sites is 1. The number of nitrogens with one attached hydrogen (secondary N) is 1. The van der Waals surface area contributed by atoms with Crippen molar-refractivity contribution in [1.29, 1.82) is 0 Å². The van der Waals surface area contributed by atoms with Crippen LogP contribution in [0.4, 0.5) is 10.2 Å². The van der Waals surface area contributed by atoms with Crippen LogP contribution in [0.3, 0.4) is 0 Å².